The Kier molecular flexibility index (Phi) is 3.76. The van der Waals surface area contributed by atoms with E-state index in [-0.39, 0.29) is 18.5 Å². The van der Waals surface area contributed by atoms with Gasteiger partial charge >= 0.3 is 0 Å². The summed E-state index contributed by atoms with van der Waals surface area (Å²) in [5.41, 5.74) is 0.638. The molecule has 1 aromatic heterocycles. The van der Waals surface area contributed by atoms with Crippen LogP contribution in [0.2, 0.25) is 0 Å². The first-order valence-electron chi connectivity index (χ1n) is 5.62. The Morgan fingerprint density at radius 2 is 2.00 bits per heavy atom. The summed E-state index contributed by atoms with van der Waals surface area (Å²) in [7, 11) is 0. The topological polar surface area (TPSA) is 90.9 Å². The van der Waals surface area contributed by atoms with E-state index in [9.17, 15) is 15.0 Å². The van der Waals surface area contributed by atoms with Crippen molar-refractivity contribution >= 4 is 11.0 Å². The maximum absolute atomic E-state index is 11.6. The molecule has 0 fully saturated rings. The predicted molar refractivity (Wildman–Crippen MR) is 65.2 cm³/mol. The number of rotatable bonds is 4. The lowest BCUT2D eigenvalue weighted by molar-refractivity contribution is 0.00428. The molecule has 96 valence electrons. The summed E-state index contributed by atoms with van der Waals surface area (Å²) in [5, 5.41) is 28.5. The van der Waals surface area contributed by atoms with E-state index in [1.54, 1.807) is 12.1 Å². The number of hydrogen-bond acceptors (Lipinski definition) is 5. The number of aliphatic hydroxyl groups excluding tert-OH is 3. The van der Waals surface area contributed by atoms with Crippen molar-refractivity contribution < 1.29 is 19.7 Å². The predicted octanol–water partition coefficient (Wildman–Crippen LogP) is 0.570. The summed E-state index contributed by atoms with van der Waals surface area (Å²) in [6, 6.07) is 5.94. The zero-order valence-corrected chi connectivity index (χ0v) is 9.61. The van der Waals surface area contributed by atoms with Crippen molar-refractivity contribution in [2.75, 3.05) is 6.61 Å². The normalized spacial score (nSPS) is 14.6. The summed E-state index contributed by atoms with van der Waals surface area (Å²) in [5.74, 6) is 0. The van der Waals surface area contributed by atoms with Gasteiger partial charge in [-0.15, -0.1) is 0 Å². The van der Waals surface area contributed by atoms with Crippen LogP contribution >= 0.6 is 0 Å². The van der Waals surface area contributed by atoms with Gasteiger partial charge in [-0.2, -0.15) is 0 Å². The molecule has 2 aromatic rings. The average Bonchev–Trinajstić information content (AvgIpc) is 2.38. The van der Waals surface area contributed by atoms with Crippen molar-refractivity contribution in [1.82, 2.24) is 0 Å². The lowest BCUT2D eigenvalue weighted by atomic mass is 10.0. The summed E-state index contributed by atoms with van der Waals surface area (Å²) < 4.78 is 5.15. The number of aliphatic hydroxyl groups is 3. The van der Waals surface area contributed by atoms with Crippen molar-refractivity contribution in [1.29, 1.82) is 0 Å². The van der Waals surface area contributed by atoms with Gasteiger partial charge < -0.3 is 19.7 Å². The summed E-state index contributed by atoms with van der Waals surface area (Å²) >= 11 is 0. The van der Waals surface area contributed by atoms with Crippen molar-refractivity contribution in [2.45, 2.75) is 18.6 Å². The molecule has 0 spiro atoms. The van der Waals surface area contributed by atoms with Gasteiger partial charge in [0, 0.05) is 12.7 Å². The van der Waals surface area contributed by atoms with Crippen LogP contribution in [0.5, 0.6) is 0 Å². The van der Waals surface area contributed by atoms with Gasteiger partial charge in [0.2, 0.25) is 0 Å². The molecule has 1 aromatic carbocycles. The van der Waals surface area contributed by atoms with Gasteiger partial charge in [0.1, 0.15) is 11.7 Å². The standard InChI is InChI=1S/C13H14O5/c14-5-3-11(16)13(17)8-1-2-12-9(7-8)10(15)4-6-18-12/h1-2,4,6-7,11,13-14,16-17H,3,5H2. The zero-order valence-electron chi connectivity index (χ0n) is 9.61. The van der Waals surface area contributed by atoms with Gasteiger partial charge in [-0.1, -0.05) is 6.07 Å². The lowest BCUT2D eigenvalue weighted by Crippen LogP contribution is -2.19. The third-order valence-electron chi connectivity index (χ3n) is 2.81. The Balaban J connectivity index is 2.40. The number of fused-ring (bicyclic) bond motifs is 1. The Morgan fingerprint density at radius 3 is 2.72 bits per heavy atom. The molecule has 0 aliphatic heterocycles. The van der Waals surface area contributed by atoms with Gasteiger partial charge in [0.25, 0.3) is 0 Å². The molecule has 0 radical (unpaired) electrons. The maximum Gasteiger partial charge on any atom is 0.192 e. The monoisotopic (exact) mass is 250 g/mol. The van der Waals surface area contributed by atoms with Gasteiger partial charge in [-0.3, -0.25) is 4.79 Å². The van der Waals surface area contributed by atoms with Crippen LogP contribution < -0.4 is 5.43 Å². The van der Waals surface area contributed by atoms with Crippen LogP contribution in [-0.2, 0) is 0 Å². The smallest absolute Gasteiger partial charge is 0.192 e. The first kappa shape index (κ1) is 12.8. The molecule has 0 saturated carbocycles. The summed E-state index contributed by atoms with van der Waals surface area (Å²) in [4.78, 5) is 11.6. The molecular formula is C13H14O5. The Morgan fingerprint density at radius 1 is 1.22 bits per heavy atom. The van der Waals surface area contributed by atoms with E-state index in [2.05, 4.69) is 0 Å². The molecule has 18 heavy (non-hydrogen) atoms. The van der Waals surface area contributed by atoms with Crippen molar-refractivity contribution in [3.8, 4) is 0 Å². The van der Waals surface area contributed by atoms with Crippen molar-refractivity contribution in [3.05, 3.63) is 46.3 Å². The second-order valence-electron chi connectivity index (χ2n) is 4.06. The minimum Gasteiger partial charge on any atom is -0.464 e. The van der Waals surface area contributed by atoms with E-state index >= 15 is 0 Å². The van der Waals surface area contributed by atoms with Crippen LogP contribution in [-0.4, -0.2) is 28.0 Å². The number of hydrogen-bond donors (Lipinski definition) is 3. The quantitative estimate of drug-likeness (QED) is 0.738. The third-order valence-corrected chi connectivity index (χ3v) is 2.81. The van der Waals surface area contributed by atoms with E-state index < -0.39 is 12.2 Å². The highest BCUT2D eigenvalue weighted by atomic mass is 16.3. The van der Waals surface area contributed by atoms with E-state index in [4.69, 9.17) is 9.52 Å². The highest BCUT2D eigenvalue weighted by Crippen LogP contribution is 2.22. The zero-order chi connectivity index (χ0) is 13.1. The summed E-state index contributed by atoms with van der Waals surface area (Å²) in [6.07, 6.45) is -0.825. The minimum atomic E-state index is -1.14. The molecule has 2 rings (SSSR count). The maximum atomic E-state index is 11.6. The fourth-order valence-corrected chi connectivity index (χ4v) is 1.80. The molecule has 0 saturated heterocycles. The SMILES string of the molecule is O=c1ccoc2ccc(C(O)C(O)CCO)cc12. The second-order valence-corrected chi connectivity index (χ2v) is 4.06. The molecular weight excluding hydrogens is 236 g/mol. The fraction of sp³-hybridized carbons (Fsp3) is 0.308. The highest BCUT2D eigenvalue weighted by Gasteiger charge is 2.18. The number of benzene rings is 1. The van der Waals surface area contributed by atoms with E-state index in [0.717, 1.165) is 0 Å². The molecule has 0 aliphatic carbocycles. The van der Waals surface area contributed by atoms with Crippen molar-refractivity contribution in [3.63, 3.8) is 0 Å². The van der Waals surface area contributed by atoms with E-state index in [1.807, 2.05) is 0 Å². The highest BCUT2D eigenvalue weighted by molar-refractivity contribution is 5.76. The minimum absolute atomic E-state index is 0.0720. The first-order chi connectivity index (χ1) is 8.63. The Hall–Kier alpha value is -1.69. The summed E-state index contributed by atoms with van der Waals surface area (Å²) in [6.45, 7) is -0.214. The Labute approximate surface area is 103 Å². The van der Waals surface area contributed by atoms with E-state index in [1.165, 1.54) is 18.4 Å². The van der Waals surface area contributed by atoms with Crippen molar-refractivity contribution in [2.24, 2.45) is 0 Å². The largest absolute Gasteiger partial charge is 0.464 e. The van der Waals surface area contributed by atoms with Gasteiger partial charge in [0.05, 0.1) is 17.8 Å². The lowest BCUT2D eigenvalue weighted by Gasteiger charge is -2.17. The van der Waals surface area contributed by atoms with Crippen LogP contribution in [0.4, 0.5) is 0 Å². The molecule has 1 heterocycles. The second kappa shape index (κ2) is 5.30. The third kappa shape index (κ3) is 2.43. The average molecular weight is 250 g/mol. The molecule has 5 heteroatoms. The van der Waals surface area contributed by atoms with Crippen LogP contribution in [0, 0.1) is 0 Å². The molecule has 0 bridgehead atoms. The van der Waals surface area contributed by atoms with Crippen LogP contribution in [0.3, 0.4) is 0 Å². The molecule has 0 aliphatic rings. The fourth-order valence-electron chi connectivity index (χ4n) is 1.80. The van der Waals surface area contributed by atoms with Crippen LogP contribution in [0.1, 0.15) is 18.1 Å². The van der Waals surface area contributed by atoms with E-state index in [0.29, 0.717) is 16.5 Å². The molecule has 0 amide bonds. The van der Waals surface area contributed by atoms with Crippen LogP contribution in [0.25, 0.3) is 11.0 Å². The molecule has 5 nitrogen and oxygen atoms in total. The van der Waals surface area contributed by atoms with Gasteiger partial charge in [-0.25, -0.2) is 0 Å². The Bertz CT molecular complexity index is 589. The first-order valence-corrected chi connectivity index (χ1v) is 5.62. The molecule has 3 N–H and O–H groups in total. The van der Waals surface area contributed by atoms with Crippen LogP contribution in [0.15, 0.2) is 39.7 Å². The molecule has 2 atom stereocenters. The van der Waals surface area contributed by atoms with Gasteiger partial charge in [-0.05, 0) is 24.1 Å². The van der Waals surface area contributed by atoms with Gasteiger partial charge in [0.15, 0.2) is 5.43 Å². The molecule has 2 unspecified atom stereocenters.